The minimum atomic E-state index is -0.440. The minimum absolute atomic E-state index is 0.0828. The molecule has 6 heteroatoms. The molecule has 2 aliphatic rings. The highest BCUT2D eigenvalue weighted by Gasteiger charge is 2.28. The smallest absolute Gasteiger partial charge is 0.337 e. The van der Waals surface area contributed by atoms with E-state index in [1.54, 1.807) is 25.3 Å². The summed E-state index contributed by atoms with van der Waals surface area (Å²) in [5.41, 5.74) is 1.86. The molecule has 3 rings (SSSR count). The standard InChI is InChI=1S/C18H15NO4S/c1-22-13-6-3-11(4-7-13)9-16-17(20)19-14-10-12(18(21)23-2)5-8-15(14)24-16/h3-10,15H,1-2H3/b16-9+. The van der Waals surface area contributed by atoms with Gasteiger partial charge in [-0.3, -0.25) is 4.79 Å². The maximum Gasteiger partial charge on any atom is 0.337 e. The van der Waals surface area contributed by atoms with E-state index in [1.165, 1.54) is 18.9 Å². The summed E-state index contributed by atoms with van der Waals surface area (Å²) >= 11 is 1.42. The summed E-state index contributed by atoms with van der Waals surface area (Å²) in [7, 11) is 2.93. The topological polar surface area (TPSA) is 65.0 Å². The number of allylic oxidation sites excluding steroid dienone is 1. The van der Waals surface area contributed by atoms with Gasteiger partial charge in [0.2, 0.25) is 0 Å². The zero-order valence-electron chi connectivity index (χ0n) is 13.2. The molecule has 1 unspecified atom stereocenters. The molecule has 0 fully saturated rings. The van der Waals surface area contributed by atoms with Gasteiger partial charge in [-0.25, -0.2) is 9.79 Å². The number of aliphatic imine (C=N–C) groups is 1. The monoisotopic (exact) mass is 341 g/mol. The van der Waals surface area contributed by atoms with Crippen molar-refractivity contribution < 1.29 is 19.1 Å². The highest BCUT2D eigenvalue weighted by Crippen LogP contribution is 2.34. The fourth-order valence-corrected chi connectivity index (χ4v) is 3.35. The van der Waals surface area contributed by atoms with E-state index in [9.17, 15) is 9.59 Å². The average molecular weight is 341 g/mol. The van der Waals surface area contributed by atoms with Crippen molar-refractivity contribution in [1.29, 1.82) is 0 Å². The van der Waals surface area contributed by atoms with Crippen molar-refractivity contribution in [2.75, 3.05) is 14.2 Å². The fraction of sp³-hybridized carbons (Fsp3) is 0.167. The van der Waals surface area contributed by atoms with Gasteiger partial charge in [-0.05, 0) is 29.8 Å². The number of carbonyl (C=O) groups is 2. The Morgan fingerprint density at radius 3 is 2.67 bits per heavy atom. The number of nitrogens with zero attached hydrogens (tertiary/aromatic N) is 1. The van der Waals surface area contributed by atoms with Crippen LogP contribution >= 0.6 is 11.8 Å². The van der Waals surface area contributed by atoms with Crippen LogP contribution in [-0.2, 0) is 14.3 Å². The van der Waals surface area contributed by atoms with Gasteiger partial charge in [0.05, 0.1) is 35.7 Å². The number of hydrogen-bond acceptors (Lipinski definition) is 5. The van der Waals surface area contributed by atoms with Gasteiger partial charge >= 0.3 is 5.97 Å². The van der Waals surface area contributed by atoms with Crippen molar-refractivity contribution in [3.8, 4) is 5.75 Å². The van der Waals surface area contributed by atoms with E-state index in [1.807, 2.05) is 30.3 Å². The lowest BCUT2D eigenvalue weighted by molar-refractivity contribution is -0.135. The molecular weight excluding hydrogens is 326 g/mol. The summed E-state index contributed by atoms with van der Waals surface area (Å²) in [6.45, 7) is 0. The Hall–Kier alpha value is -2.60. The van der Waals surface area contributed by atoms with E-state index in [-0.39, 0.29) is 11.2 Å². The summed E-state index contributed by atoms with van der Waals surface area (Å²) in [6, 6.07) is 7.44. The van der Waals surface area contributed by atoms with Crippen molar-refractivity contribution in [1.82, 2.24) is 0 Å². The van der Waals surface area contributed by atoms with Gasteiger partial charge < -0.3 is 9.47 Å². The van der Waals surface area contributed by atoms with Crippen LogP contribution in [0.3, 0.4) is 0 Å². The molecule has 1 atom stereocenters. The number of fused-ring (bicyclic) bond motifs is 1. The lowest BCUT2D eigenvalue weighted by Gasteiger charge is -2.22. The molecule has 1 aliphatic carbocycles. The number of benzene rings is 1. The molecule has 1 aromatic carbocycles. The molecule has 1 aromatic rings. The molecule has 122 valence electrons. The van der Waals surface area contributed by atoms with Crippen LogP contribution in [0.15, 0.2) is 58.0 Å². The van der Waals surface area contributed by atoms with E-state index >= 15 is 0 Å². The van der Waals surface area contributed by atoms with Crippen LogP contribution in [0.4, 0.5) is 0 Å². The molecule has 0 bridgehead atoms. The van der Waals surface area contributed by atoms with E-state index in [0.717, 1.165) is 11.3 Å². The molecule has 1 aliphatic heterocycles. The quantitative estimate of drug-likeness (QED) is 0.625. The van der Waals surface area contributed by atoms with Crippen LogP contribution < -0.4 is 4.74 Å². The van der Waals surface area contributed by atoms with Gasteiger partial charge in [0.15, 0.2) is 0 Å². The number of amides is 1. The third-order valence-electron chi connectivity index (χ3n) is 3.58. The lowest BCUT2D eigenvalue weighted by Crippen LogP contribution is -2.25. The molecule has 0 spiro atoms. The maximum atomic E-state index is 12.3. The van der Waals surface area contributed by atoms with Gasteiger partial charge in [0, 0.05) is 0 Å². The maximum absolute atomic E-state index is 12.3. The molecule has 0 N–H and O–H groups in total. The number of esters is 1. The Labute approximate surface area is 143 Å². The Morgan fingerprint density at radius 2 is 2.00 bits per heavy atom. The van der Waals surface area contributed by atoms with Crippen molar-refractivity contribution in [2.24, 2.45) is 4.99 Å². The SMILES string of the molecule is COC(=O)C1=CC2=NC(=O)/C(=C\c3ccc(OC)cc3)SC2C=C1. The Morgan fingerprint density at radius 1 is 1.25 bits per heavy atom. The minimum Gasteiger partial charge on any atom is -0.497 e. The van der Waals surface area contributed by atoms with E-state index < -0.39 is 5.97 Å². The molecule has 0 saturated heterocycles. The number of methoxy groups -OCH3 is 2. The Balaban J connectivity index is 1.85. The molecule has 1 heterocycles. The van der Waals surface area contributed by atoms with E-state index in [0.29, 0.717) is 16.2 Å². The van der Waals surface area contributed by atoms with Crippen molar-refractivity contribution in [3.63, 3.8) is 0 Å². The second-order valence-electron chi connectivity index (χ2n) is 5.11. The first-order valence-electron chi connectivity index (χ1n) is 7.24. The predicted octanol–water partition coefficient (Wildman–Crippen LogP) is 2.79. The third kappa shape index (κ3) is 3.33. The summed E-state index contributed by atoms with van der Waals surface area (Å²) in [4.78, 5) is 28.5. The summed E-state index contributed by atoms with van der Waals surface area (Å²) < 4.78 is 9.81. The molecular formula is C18H15NO4S. The Kier molecular flexibility index (Phi) is 4.66. The van der Waals surface area contributed by atoms with Crippen LogP contribution in [0.1, 0.15) is 5.56 Å². The first-order chi connectivity index (χ1) is 11.6. The number of rotatable bonds is 3. The molecule has 0 saturated carbocycles. The van der Waals surface area contributed by atoms with E-state index in [4.69, 9.17) is 4.74 Å². The zero-order chi connectivity index (χ0) is 17.1. The van der Waals surface area contributed by atoms with Gasteiger partial charge in [0.1, 0.15) is 5.75 Å². The number of thioether (sulfide) groups is 1. The zero-order valence-corrected chi connectivity index (χ0v) is 14.0. The van der Waals surface area contributed by atoms with Crippen molar-refractivity contribution in [2.45, 2.75) is 5.25 Å². The van der Waals surface area contributed by atoms with Crippen LogP contribution in [-0.4, -0.2) is 37.1 Å². The van der Waals surface area contributed by atoms with Gasteiger partial charge in [-0.15, -0.1) is 11.8 Å². The number of carbonyl (C=O) groups excluding carboxylic acids is 2. The second-order valence-corrected chi connectivity index (χ2v) is 6.30. The summed E-state index contributed by atoms with van der Waals surface area (Å²) in [5.74, 6) is 0.0121. The average Bonchev–Trinajstić information content (AvgIpc) is 2.62. The Bertz CT molecular complexity index is 803. The summed E-state index contributed by atoms with van der Waals surface area (Å²) in [6.07, 6.45) is 6.96. The predicted molar refractivity (Wildman–Crippen MR) is 94.0 cm³/mol. The van der Waals surface area contributed by atoms with Crippen LogP contribution in [0.25, 0.3) is 6.08 Å². The van der Waals surface area contributed by atoms with Crippen LogP contribution in [0.5, 0.6) is 5.75 Å². The molecule has 0 radical (unpaired) electrons. The highest BCUT2D eigenvalue weighted by molar-refractivity contribution is 8.05. The number of hydrogen-bond donors (Lipinski definition) is 0. The highest BCUT2D eigenvalue weighted by atomic mass is 32.2. The first-order valence-corrected chi connectivity index (χ1v) is 8.12. The second kappa shape index (κ2) is 6.88. The molecule has 5 nitrogen and oxygen atoms in total. The molecule has 0 aromatic heterocycles. The molecule has 1 amide bonds. The van der Waals surface area contributed by atoms with Gasteiger partial charge in [-0.2, -0.15) is 0 Å². The van der Waals surface area contributed by atoms with Gasteiger partial charge in [-0.1, -0.05) is 24.3 Å². The normalized spacial score (nSPS) is 21.0. The lowest BCUT2D eigenvalue weighted by atomic mass is 10.0. The van der Waals surface area contributed by atoms with Crippen molar-refractivity contribution >= 4 is 35.4 Å². The third-order valence-corrected chi connectivity index (χ3v) is 4.77. The van der Waals surface area contributed by atoms with Gasteiger partial charge in [0.25, 0.3) is 5.91 Å². The number of ether oxygens (including phenoxy) is 2. The van der Waals surface area contributed by atoms with Crippen LogP contribution in [0, 0.1) is 0 Å². The largest absolute Gasteiger partial charge is 0.497 e. The van der Waals surface area contributed by atoms with E-state index in [2.05, 4.69) is 9.73 Å². The van der Waals surface area contributed by atoms with Crippen LogP contribution in [0.2, 0.25) is 0 Å². The first kappa shape index (κ1) is 16.3. The van der Waals surface area contributed by atoms with Crippen molar-refractivity contribution in [3.05, 3.63) is 58.5 Å². The fourth-order valence-electron chi connectivity index (χ4n) is 2.33. The summed E-state index contributed by atoms with van der Waals surface area (Å²) in [5, 5.41) is -0.0828. The molecule has 24 heavy (non-hydrogen) atoms.